The molecule has 108 valence electrons. The molecule has 0 amide bonds. The quantitative estimate of drug-likeness (QED) is 0.586. The van der Waals surface area contributed by atoms with Crippen LogP contribution in [0.4, 0.5) is 0 Å². The van der Waals surface area contributed by atoms with Crippen LogP contribution in [0.5, 0.6) is 11.5 Å². The fraction of sp³-hybridized carbons (Fsp3) is 0.571. The largest absolute Gasteiger partial charge is 0.490 e. The van der Waals surface area contributed by atoms with Crippen LogP contribution in [-0.4, -0.2) is 43.1 Å². The van der Waals surface area contributed by atoms with E-state index in [1.165, 1.54) is 0 Å². The molecule has 0 aliphatic rings. The Bertz CT molecular complexity index is 370. The molecule has 0 bridgehead atoms. The molecule has 3 N–H and O–H groups in total. The van der Waals surface area contributed by atoms with Crippen molar-refractivity contribution in [1.82, 2.24) is 5.32 Å². The van der Waals surface area contributed by atoms with E-state index in [4.69, 9.17) is 14.6 Å². The van der Waals surface area contributed by atoms with Gasteiger partial charge in [0.25, 0.3) is 0 Å². The van der Waals surface area contributed by atoms with Gasteiger partial charge in [0.1, 0.15) is 0 Å². The van der Waals surface area contributed by atoms with Gasteiger partial charge in [0.15, 0.2) is 11.5 Å². The summed E-state index contributed by atoms with van der Waals surface area (Å²) in [6.45, 7) is 5.84. The van der Waals surface area contributed by atoms with Crippen molar-refractivity contribution in [1.29, 1.82) is 0 Å². The van der Waals surface area contributed by atoms with Gasteiger partial charge < -0.3 is 25.0 Å². The average molecular weight is 269 g/mol. The molecule has 5 nitrogen and oxygen atoms in total. The lowest BCUT2D eigenvalue weighted by atomic mass is 10.1. The highest BCUT2D eigenvalue weighted by Crippen LogP contribution is 2.30. The molecule has 0 heterocycles. The fourth-order valence-corrected chi connectivity index (χ4v) is 1.71. The van der Waals surface area contributed by atoms with Gasteiger partial charge in [0, 0.05) is 13.1 Å². The van der Waals surface area contributed by atoms with E-state index in [0.717, 1.165) is 5.56 Å². The van der Waals surface area contributed by atoms with Gasteiger partial charge in [-0.15, -0.1) is 0 Å². The Morgan fingerprint density at radius 1 is 1.16 bits per heavy atom. The van der Waals surface area contributed by atoms with Gasteiger partial charge in [-0.3, -0.25) is 0 Å². The molecule has 0 fully saturated rings. The van der Waals surface area contributed by atoms with Crippen molar-refractivity contribution in [2.75, 3.05) is 32.9 Å². The Hall–Kier alpha value is -1.30. The number of rotatable bonds is 9. The summed E-state index contributed by atoms with van der Waals surface area (Å²) in [5, 5.41) is 21.7. The van der Waals surface area contributed by atoms with Gasteiger partial charge in [0.2, 0.25) is 0 Å². The SMILES string of the molecule is CCOc1ccc(C(O)CNCCO)cc1OCC. The minimum atomic E-state index is -0.638. The topological polar surface area (TPSA) is 71.0 Å². The minimum Gasteiger partial charge on any atom is -0.490 e. The molecule has 1 rings (SSSR count). The maximum Gasteiger partial charge on any atom is 0.161 e. The Kier molecular flexibility index (Phi) is 7.25. The normalized spacial score (nSPS) is 12.2. The number of hydrogen-bond acceptors (Lipinski definition) is 5. The zero-order valence-electron chi connectivity index (χ0n) is 11.6. The second kappa shape index (κ2) is 8.74. The summed E-state index contributed by atoms with van der Waals surface area (Å²) >= 11 is 0. The molecule has 0 spiro atoms. The van der Waals surface area contributed by atoms with Crippen LogP contribution < -0.4 is 14.8 Å². The molecule has 5 heteroatoms. The molecule has 0 saturated carbocycles. The highest BCUT2D eigenvalue weighted by Gasteiger charge is 2.11. The van der Waals surface area contributed by atoms with E-state index in [-0.39, 0.29) is 6.61 Å². The molecule has 0 aliphatic heterocycles. The third kappa shape index (κ3) is 5.06. The van der Waals surface area contributed by atoms with Gasteiger partial charge in [-0.25, -0.2) is 0 Å². The van der Waals surface area contributed by atoms with E-state index in [2.05, 4.69) is 5.32 Å². The maximum absolute atomic E-state index is 10.0. The number of ether oxygens (including phenoxy) is 2. The van der Waals surface area contributed by atoms with Crippen LogP contribution in [0.15, 0.2) is 18.2 Å². The Labute approximate surface area is 114 Å². The molecule has 1 atom stereocenters. The van der Waals surface area contributed by atoms with Crippen molar-refractivity contribution < 1.29 is 19.7 Å². The van der Waals surface area contributed by atoms with Crippen molar-refractivity contribution in [3.63, 3.8) is 0 Å². The number of nitrogens with one attached hydrogen (secondary N) is 1. The average Bonchev–Trinajstić information content (AvgIpc) is 2.41. The van der Waals surface area contributed by atoms with Gasteiger partial charge >= 0.3 is 0 Å². The van der Waals surface area contributed by atoms with Crippen LogP contribution in [0, 0.1) is 0 Å². The number of aliphatic hydroxyl groups is 2. The lowest BCUT2D eigenvalue weighted by molar-refractivity contribution is 0.170. The molecule has 0 aromatic heterocycles. The van der Waals surface area contributed by atoms with E-state index in [1.54, 1.807) is 12.1 Å². The summed E-state index contributed by atoms with van der Waals surface area (Å²) in [5.74, 6) is 1.33. The summed E-state index contributed by atoms with van der Waals surface area (Å²) < 4.78 is 11.0. The van der Waals surface area contributed by atoms with E-state index in [1.807, 2.05) is 19.9 Å². The fourth-order valence-electron chi connectivity index (χ4n) is 1.71. The van der Waals surface area contributed by atoms with Crippen LogP contribution in [0.3, 0.4) is 0 Å². The number of aliphatic hydroxyl groups excluding tert-OH is 2. The second-order valence-electron chi connectivity index (χ2n) is 4.02. The number of benzene rings is 1. The van der Waals surface area contributed by atoms with Crippen LogP contribution in [0.2, 0.25) is 0 Å². The third-order valence-electron chi connectivity index (χ3n) is 2.58. The second-order valence-corrected chi connectivity index (χ2v) is 4.02. The summed E-state index contributed by atoms with van der Waals surface area (Å²) in [6.07, 6.45) is -0.638. The molecule has 0 saturated heterocycles. The Morgan fingerprint density at radius 2 is 1.84 bits per heavy atom. The van der Waals surface area contributed by atoms with Crippen molar-refractivity contribution in [2.24, 2.45) is 0 Å². The van der Waals surface area contributed by atoms with Gasteiger partial charge in [0.05, 0.1) is 25.9 Å². The first-order chi connectivity index (χ1) is 9.22. The van der Waals surface area contributed by atoms with Crippen LogP contribution >= 0.6 is 0 Å². The number of hydrogen-bond donors (Lipinski definition) is 3. The summed E-state index contributed by atoms with van der Waals surface area (Å²) in [5.41, 5.74) is 0.761. The Morgan fingerprint density at radius 3 is 2.47 bits per heavy atom. The van der Waals surface area contributed by atoms with E-state index in [0.29, 0.717) is 37.8 Å². The van der Waals surface area contributed by atoms with E-state index in [9.17, 15) is 5.11 Å². The lowest BCUT2D eigenvalue weighted by Gasteiger charge is -2.16. The third-order valence-corrected chi connectivity index (χ3v) is 2.58. The predicted octanol–water partition coefficient (Wildman–Crippen LogP) is 1.10. The van der Waals surface area contributed by atoms with Crippen LogP contribution in [0.1, 0.15) is 25.5 Å². The van der Waals surface area contributed by atoms with Crippen molar-refractivity contribution in [3.05, 3.63) is 23.8 Å². The van der Waals surface area contributed by atoms with Crippen molar-refractivity contribution >= 4 is 0 Å². The molecular weight excluding hydrogens is 246 g/mol. The van der Waals surface area contributed by atoms with Gasteiger partial charge in [-0.1, -0.05) is 6.07 Å². The molecule has 1 aromatic carbocycles. The van der Waals surface area contributed by atoms with E-state index < -0.39 is 6.10 Å². The predicted molar refractivity (Wildman–Crippen MR) is 73.7 cm³/mol. The summed E-state index contributed by atoms with van der Waals surface area (Å²) in [6, 6.07) is 5.41. The highest BCUT2D eigenvalue weighted by atomic mass is 16.5. The molecule has 1 unspecified atom stereocenters. The van der Waals surface area contributed by atoms with Crippen LogP contribution in [0.25, 0.3) is 0 Å². The highest BCUT2D eigenvalue weighted by molar-refractivity contribution is 5.43. The summed E-state index contributed by atoms with van der Waals surface area (Å²) in [7, 11) is 0. The first-order valence-electron chi connectivity index (χ1n) is 6.62. The van der Waals surface area contributed by atoms with Gasteiger partial charge in [-0.05, 0) is 31.5 Å². The zero-order valence-corrected chi connectivity index (χ0v) is 11.6. The maximum atomic E-state index is 10.0. The molecule has 1 aromatic rings. The van der Waals surface area contributed by atoms with Crippen molar-refractivity contribution in [2.45, 2.75) is 20.0 Å². The van der Waals surface area contributed by atoms with E-state index >= 15 is 0 Å². The van der Waals surface area contributed by atoms with Crippen molar-refractivity contribution in [3.8, 4) is 11.5 Å². The Balaban J connectivity index is 2.75. The first kappa shape index (κ1) is 15.8. The lowest BCUT2D eigenvalue weighted by Crippen LogP contribution is -2.24. The summed E-state index contributed by atoms with van der Waals surface area (Å²) in [4.78, 5) is 0. The molecule has 0 radical (unpaired) electrons. The monoisotopic (exact) mass is 269 g/mol. The molecule has 19 heavy (non-hydrogen) atoms. The standard InChI is InChI=1S/C14H23NO4/c1-3-18-13-6-5-11(9-14(13)19-4-2)12(17)10-15-7-8-16/h5-6,9,12,15-17H,3-4,7-8,10H2,1-2H3. The minimum absolute atomic E-state index is 0.0557. The first-order valence-corrected chi connectivity index (χ1v) is 6.62. The molecule has 0 aliphatic carbocycles. The van der Waals surface area contributed by atoms with Gasteiger partial charge in [-0.2, -0.15) is 0 Å². The van der Waals surface area contributed by atoms with Crippen LogP contribution in [-0.2, 0) is 0 Å². The molecular formula is C14H23NO4. The smallest absolute Gasteiger partial charge is 0.161 e. The zero-order chi connectivity index (χ0) is 14.1.